The van der Waals surface area contributed by atoms with Crippen LogP contribution in [0.2, 0.25) is 0 Å². The molecule has 1 atom stereocenters. The minimum absolute atomic E-state index is 0.0215. The highest BCUT2D eigenvalue weighted by molar-refractivity contribution is 7.89. The lowest BCUT2D eigenvalue weighted by molar-refractivity contribution is -0.126. The predicted molar refractivity (Wildman–Crippen MR) is 125 cm³/mol. The Bertz CT molecular complexity index is 1110. The molecule has 1 saturated heterocycles. The Kier molecular flexibility index (Phi) is 8.65. The second-order valence-corrected chi connectivity index (χ2v) is 10.1. The first-order valence-electron chi connectivity index (χ1n) is 11.0. The zero-order chi connectivity index (χ0) is 24.7. The van der Waals surface area contributed by atoms with Crippen LogP contribution in [0.1, 0.15) is 28.8 Å². The molecule has 1 unspecified atom stereocenters. The molecule has 9 nitrogen and oxygen atoms in total. The lowest BCUT2D eigenvalue weighted by Gasteiger charge is -2.31. The highest BCUT2D eigenvalue weighted by Crippen LogP contribution is 2.26. The normalized spacial score (nSPS) is 16.0. The van der Waals surface area contributed by atoms with Crippen LogP contribution < -0.4 is 10.1 Å². The molecule has 2 aromatic carbocycles. The van der Waals surface area contributed by atoms with E-state index in [4.69, 9.17) is 9.47 Å². The quantitative estimate of drug-likeness (QED) is 0.514. The van der Waals surface area contributed by atoms with Crippen LogP contribution in [0.15, 0.2) is 53.4 Å². The molecule has 3 rings (SSSR count). The van der Waals surface area contributed by atoms with Gasteiger partial charge in [0.2, 0.25) is 15.9 Å². The van der Waals surface area contributed by atoms with Crippen molar-refractivity contribution in [2.45, 2.75) is 30.8 Å². The van der Waals surface area contributed by atoms with E-state index in [1.165, 1.54) is 23.5 Å². The zero-order valence-electron chi connectivity index (χ0n) is 19.3. The highest BCUT2D eigenvalue weighted by atomic mass is 32.2. The van der Waals surface area contributed by atoms with Gasteiger partial charge in [0.15, 0.2) is 0 Å². The number of nitrogens with one attached hydrogen (secondary N) is 1. The first-order chi connectivity index (χ1) is 16.2. The summed E-state index contributed by atoms with van der Waals surface area (Å²) in [4.78, 5) is 24.4. The summed E-state index contributed by atoms with van der Waals surface area (Å²) in [5.74, 6) is -0.681. The number of aryl methyl sites for hydroxylation is 1. The van der Waals surface area contributed by atoms with Gasteiger partial charge in [0, 0.05) is 25.6 Å². The Morgan fingerprint density at radius 3 is 2.53 bits per heavy atom. The molecular weight excluding hydrogens is 460 g/mol. The fourth-order valence-corrected chi connectivity index (χ4v) is 5.44. The minimum Gasteiger partial charge on any atom is -0.491 e. The van der Waals surface area contributed by atoms with Crippen molar-refractivity contribution in [2.24, 2.45) is 5.92 Å². The van der Waals surface area contributed by atoms with Crippen LogP contribution in [0, 0.1) is 12.8 Å². The van der Waals surface area contributed by atoms with Gasteiger partial charge in [-0.15, -0.1) is 0 Å². The summed E-state index contributed by atoms with van der Waals surface area (Å²) in [7, 11) is -2.72. The van der Waals surface area contributed by atoms with Gasteiger partial charge in [-0.1, -0.05) is 24.3 Å². The van der Waals surface area contributed by atoms with Crippen molar-refractivity contribution >= 4 is 21.9 Å². The number of nitrogens with zero attached hydrogens (tertiary/aromatic N) is 1. The fourth-order valence-electron chi connectivity index (χ4n) is 3.79. The summed E-state index contributed by atoms with van der Waals surface area (Å²) >= 11 is 0. The Balaban J connectivity index is 1.49. The van der Waals surface area contributed by atoms with Crippen molar-refractivity contribution in [1.82, 2.24) is 9.62 Å². The number of aliphatic hydroxyl groups excluding tert-OH is 1. The standard InChI is InChI=1S/C24H30N2O7S/c1-17-6-5-7-20(14-17)33-16-19(27)15-25-23(28)18-10-12-26(13-11-18)34(30,31)22-9-4-3-8-21(22)24(29)32-2/h3-9,14,18-19,27H,10-13,15-16H2,1-2H3,(H,25,28). The van der Waals surface area contributed by atoms with E-state index in [2.05, 4.69) is 5.32 Å². The molecule has 0 saturated carbocycles. The third-order valence-corrected chi connectivity index (χ3v) is 7.64. The van der Waals surface area contributed by atoms with Gasteiger partial charge in [-0.25, -0.2) is 13.2 Å². The average Bonchev–Trinajstić information content (AvgIpc) is 2.85. The molecule has 0 aromatic heterocycles. The molecule has 10 heteroatoms. The number of esters is 1. The number of methoxy groups -OCH3 is 1. The summed E-state index contributed by atoms with van der Waals surface area (Å²) in [5.41, 5.74) is 1.02. The van der Waals surface area contributed by atoms with E-state index in [-0.39, 0.29) is 48.5 Å². The number of sulfonamides is 1. The average molecular weight is 491 g/mol. The molecular formula is C24H30N2O7S. The molecule has 0 bridgehead atoms. The van der Waals surface area contributed by atoms with Crippen molar-refractivity contribution in [3.63, 3.8) is 0 Å². The highest BCUT2D eigenvalue weighted by Gasteiger charge is 2.34. The molecule has 0 spiro atoms. The van der Waals surface area contributed by atoms with Crippen LogP contribution in [0.5, 0.6) is 5.75 Å². The first kappa shape index (κ1) is 25.7. The second kappa shape index (κ2) is 11.5. The maximum absolute atomic E-state index is 13.1. The maximum Gasteiger partial charge on any atom is 0.339 e. The molecule has 1 aliphatic heterocycles. The van der Waals surface area contributed by atoms with E-state index in [9.17, 15) is 23.1 Å². The second-order valence-electron chi connectivity index (χ2n) is 8.19. The molecule has 2 N–H and O–H groups in total. The number of ether oxygens (including phenoxy) is 2. The summed E-state index contributed by atoms with van der Waals surface area (Å²) in [6, 6.07) is 13.4. The first-order valence-corrected chi connectivity index (χ1v) is 12.5. The largest absolute Gasteiger partial charge is 0.491 e. The Morgan fingerprint density at radius 2 is 1.85 bits per heavy atom. The van der Waals surface area contributed by atoms with Crippen LogP contribution in [0.4, 0.5) is 0 Å². The number of hydrogen-bond acceptors (Lipinski definition) is 7. The number of amides is 1. The third-order valence-electron chi connectivity index (χ3n) is 5.68. The van der Waals surface area contributed by atoms with Crippen molar-refractivity contribution in [3.05, 3.63) is 59.7 Å². The molecule has 2 aromatic rings. The summed E-state index contributed by atoms with van der Waals surface area (Å²) in [6.07, 6.45) is -0.206. The smallest absolute Gasteiger partial charge is 0.339 e. The van der Waals surface area contributed by atoms with Crippen molar-refractivity contribution in [1.29, 1.82) is 0 Å². The number of aliphatic hydroxyl groups is 1. The number of carbonyl (C=O) groups excluding carboxylic acids is 2. The predicted octanol–water partition coefficient (Wildman–Crippen LogP) is 1.74. The van der Waals surface area contributed by atoms with Crippen LogP contribution in [0.3, 0.4) is 0 Å². The van der Waals surface area contributed by atoms with Gasteiger partial charge in [0.25, 0.3) is 0 Å². The van der Waals surface area contributed by atoms with Gasteiger partial charge < -0.3 is 19.9 Å². The molecule has 0 radical (unpaired) electrons. The van der Waals surface area contributed by atoms with Gasteiger partial charge in [-0.2, -0.15) is 4.31 Å². The SMILES string of the molecule is COC(=O)c1ccccc1S(=O)(=O)N1CCC(C(=O)NCC(O)COc2cccc(C)c2)CC1. The van der Waals surface area contributed by atoms with Gasteiger partial charge in [-0.05, 0) is 49.6 Å². The lowest BCUT2D eigenvalue weighted by Crippen LogP contribution is -2.45. The Labute approximate surface area is 199 Å². The summed E-state index contributed by atoms with van der Waals surface area (Å²) < 4.78 is 37.7. The molecule has 1 heterocycles. The fraction of sp³-hybridized carbons (Fsp3) is 0.417. The number of piperidine rings is 1. The number of hydrogen-bond donors (Lipinski definition) is 2. The van der Waals surface area contributed by atoms with E-state index >= 15 is 0 Å². The van der Waals surface area contributed by atoms with E-state index in [0.29, 0.717) is 18.6 Å². The number of benzene rings is 2. The van der Waals surface area contributed by atoms with Gasteiger partial charge in [0.05, 0.1) is 17.6 Å². The zero-order valence-corrected chi connectivity index (χ0v) is 20.1. The monoisotopic (exact) mass is 490 g/mol. The summed E-state index contributed by atoms with van der Waals surface area (Å²) in [6.45, 7) is 2.32. The minimum atomic E-state index is -3.92. The van der Waals surface area contributed by atoms with E-state index in [1.54, 1.807) is 18.2 Å². The van der Waals surface area contributed by atoms with E-state index < -0.39 is 22.1 Å². The molecule has 1 fully saturated rings. The molecule has 1 amide bonds. The third kappa shape index (κ3) is 6.34. The van der Waals surface area contributed by atoms with Gasteiger partial charge >= 0.3 is 5.97 Å². The summed E-state index contributed by atoms with van der Waals surface area (Å²) in [5, 5.41) is 12.8. The molecule has 184 valence electrons. The number of carbonyl (C=O) groups is 2. The van der Waals surface area contributed by atoms with Crippen LogP contribution in [-0.4, -0.2) is 69.2 Å². The van der Waals surface area contributed by atoms with Crippen LogP contribution in [0.25, 0.3) is 0 Å². The van der Waals surface area contributed by atoms with Crippen molar-refractivity contribution in [3.8, 4) is 5.75 Å². The maximum atomic E-state index is 13.1. The topological polar surface area (TPSA) is 122 Å². The van der Waals surface area contributed by atoms with Crippen molar-refractivity contribution in [2.75, 3.05) is 33.4 Å². The van der Waals surface area contributed by atoms with E-state index in [1.807, 2.05) is 25.1 Å². The lowest BCUT2D eigenvalue weighted by atomic mass is 9.97. The number of rotatable bonds is 9. The molecule has 34 heavy (non-hydrogen) atoms. The molecule has 0 aliphatic carbocycles. The Morgan fingerprint density at radius 1 is 1.15 bits per heavy atom. The van der Waals surface area contributed by atoms with Gasteiger partial charge in [0.1, 0.15) is 18.5 Å². The Hall–Kier alpha value is -2.95. The van der Waals surface area contributed by atoms with Crippen LogP contribution in [-0.2, 0) is 19.6 Å². The van der Waals surface area contributed by atoms with Gasteiger partial charge in [-0.3, -0.25) is 4.79 Å². The van der Waals surface area contributed by atoms with E-state index in [0.717, 1.165) is 5.56 Å². The van der Waals surface area contributed by atoms with Crippen LogP contribution >= 0.6 is 0 Å². The van der Waals surface area contributed by atoms with Crippen molar-refractivity contribution < 1.29 is 32.6 Å². The molecule has 1 aliphatic rings.